The van der Waals surface area contributed by atoms with Crippen LogP contribution in [0.5, 0.6) is 0 Å². The molecule has 0 unspecified atom stereocenters. The lowest BCUT2D eigenvalue weighted by Crippen LogP contribution is -1.88. The highest BCUT2D eigenvalue weighted by Gasteiger charge is 2.48. The van der Waals surface area contributed by atoms with Crippen molar-refractivity contribution in [2.75, 3.05) is 6.61 Å². The Morgan fingerprint density at radius 2 is 1.86 bits per heavy atom. The van der Waals surface area contributed by atoms with Gasteiger partial charge in [-0.1, -0.05) is 43.7 Å². The van der Waals surface area contributed by atoms with Crippen molar-refractivity contribution in [3.63, 3.8) is 0 Å². The standard InChI is InChI=1S/C13H18O/c1-2-6-11-12(9-14)13(11)10-7-4-3-5-8-10/h3-5,7-8,11-14H,2,6,9H2,1H3/t11-,12-,13-/m1/s1. The van der Waals surface area contributed by atoms with E-state index in [9.17, 15) is 5.11 Å². The van der Waals surface area contributed by atoms with Gasteiger partial charge in [0.15, 0.2) is 0 Å². The molecule has 14 heavy (non-hydrogen) atoms. The minimum absolute atomic E-state index is 0.351. The molecule has 1 saturated carbocycles. The molecule has 0 aromatic heterocycles. The second-order valence-corrected chi connectivity index (χ2v) is 4.24. The van der Waals surface area contributed by atoms with Crippen LogP contribution in [0, 0.1) is 11.8 Å². The molecule has 2 rings (SSSR count). The molecule has 76 valence electrons. The fraction of sp³-hybridized carbons (Fsp3) is 0.538. The first-order valence-electron chi connectivity index (χ1n) is 5.54. The third-order valence-electron chi connectivity index (χ3n) is 3.35. The summed E-state index contributed by atoms with van der Waals surface area (Å²) in [7, 11) is 0. The van der Waals surface area contributed by atoms with E-state index in [0.717, 1.165) is 5.92 Å². The quantitative estimate of drug-likeness (QED) is 0.774. The molecule has 0 saturated heterocycles. The van der Waals surface area contributed by atoms with Gasteiger partial charge in [-0.2, -0.15) is 0 Å². The van der Waals surface area contributed by atoms with Crippen molar-refractivity contribution in [3.8, 4) is 0 Å². The number of hydrogen-bond donors (Lipinski definition) is 1. The summed E-state index contributed by atoms with van der Waals surface area (Å²) < 4.78 is 0. The molecule has 1 fully saturated rings. The third kappa shape index (κ3) is 1.69. The molecule has 1 nitrogen and oxygen atoms in total. The Kier molecular flexibility index (Phi) is 2.87. The van der Waals surface area contributed by atoms with Crippen LogP contribution in [0.1, 0.15) is 31.2 Å². The summed E-state index contributed by atoms with van der Waals surface area (Å²) in [6.45, 7) is 2.57. The maximum absolute atomic E-state index is 9.23. The monoisotopic (exact) mass is 190 g/mol. The van der Waals surface area contributed by atoms with Crippen molar-refractivity contribution in [2.45, 2.75) is 25.7 Å². The Morgan fingerprint density at radius 3 is 2.43 bits per heavy atom. The molecule has 0 radical (unpaired) electrons. The van der Waals surface area contributed by atoms with E-state index in [1.54, 1.807) is 0 Å². The molecule has 1 N–H and O–H groups in total. The number of rotatable bonds is 4. The highest BCUT2D eigenvalue weighted by molar-refractivity contribution is 5.28. The van der Waals surface area contributed by atoms with Crippen molar-refractivity contribution < 1.29 is 5.11 Å². The van der Waals surface area contributed by atoms with Gasteiger partial charge in [-0.15, -0.1) is 0 Å². The van der Waals surface area contributed by atoms with E-state index >= 15 is 0 Å². The predicted octanol–water partition coefficient (Wildman–Crippen LogP) is 2.81. The van der Waals surface area contributed by atoms with Crippen LogP contribution >= 0.6 is 0 Å². The average Bonchev–Trinajstić information content (AvgIpc) is 2.93. The average molecular weight is 190 g/mol. The molecule has 0 spiro atoms. The fourth-order valence-corrected chi connectivity index (χ4v) is 2.59. The predicted molar refractivity (Wildman–Crippen MR) is 58.2 cm³/mol. The summed E-state index contributed by atoms with van der Waals surface area (Å²) in [5.74, 6) is 1.88. The highest BCUT2D eigenvalue weighted by Crippen LogP contribution is 2.55. The zero-order chi connectivity index (χ0) is 9.97. The highest BCUT2D eigenvalue weighted by atomic mass is 16.3. The normalized spacial score (nSPS) is 30.3. The number of benzene rings is 1. The maximum atomic E-state index is 9.23. The van der Waals surface area contributed by atoms with E-state index in [0.29, 0.717) is 18.4 Å². The molecular formula is C13H18O. The fourth-order valence-electron chi connectivity index (χ4n) is 2.59. The molecule has 1 aromatic carbocycles. The van der Waals surface area contributed by atoms with Crippen molar-refractivity contribution in [2.24, 2.45) is 11.8 Å². The minimum atomic E-state index is 0.351. The van der Waals surface area contributed by atoms with Gasteiger partial charge in [0, 0.05) is 6.61 Å². The van der Waals surface area contributed by atoms with E-state index in [-0.39, 0.29) is 0 Å². The molecule has 1 heteroatoms. The number of aliphatic hydroxyl groups excluding tert-OH is 1. The molecule has 0 bridgehead atoms. The van der Waals surface area contributed by atoms with Gasteiger partial charge >= 0.3 is 0 Å². The second kappa shape index (κ2) is 4.14. The lowest BCUT2D eigenvalue weighted by molar-refractivity contribution is 0.265. The van der Waals surface area contributed by atoms with E-state index in [4.69, 9.17) is 0 Å². The zero-order valence-corrected chi connectivity index (χ0v) is 8.69. The van der Waals surface area contributed by atoms with Crippen LogP contribution in [-0.2, 0) is 0 Å². The lowest BCUT2D eigenvalue weighted by Gasteiger charge is -1.97. The third-order valence-corrected chi connectivity index (χ3v) is 3.35. The Labute approximate surface area is 85.8 Å². The van der Waals surface area contributed by atoms with Gasteiger partial charge in [0.25, 0.3) is 0 Å². The van der Waals surface area contributed by atoms with Crippen LogP contribution in [0.25, 0.3) is 0 Å². The molecule has 0 aliphatic heterocycles. The van der Waals surface area contributed by atoms with Crippen LogP contribution in [0.2, 0.25) is 0 Å². The Bertz CT molecular complexity index is 281. The summed E-state index contributed by atoms with van der Waals surface area (Å²) in [5, 5.41) is 9.23. The molecule has 3 atom stereocenters. The van der Waals surface area contributed by atoms with Gasteiger partial charge < -0.3 is 5.11 Å². The SMILES string of the molecule is CCC[C@@H]1[C@@H](CO)[C@@H]1c1ccccc1. The summed E-state index contributed by atoms with van der Waals surface area (Å²) in [4.78, 5) is 0. The lowest BCUT2D eigenvalue weighted by atomic mass is 10.1. The first kappa shape index (κ1) is 9.72. The topological polar surface area (TPSA) is 20.2 Å². The molecular weight excluding hydrogens is 172 g/mol. The maximum Gasteiger partial charge on any atom is 0.0468 e. The van der Waals surface area contributed by atoms with E-state index in [2.05, 4.69) is 37.3 Å². The Morgan fingerprint density at radius 1 is 1.14 bits per heavy atom. The number of aliphatic hydroxyl groups is 1. The Balaban J connectivity index is 2.06. The smallest absolute Gasteiger partial charge is 0.0468 e. The first-order valence-corrected chi connectivity index (χ1v) is 5.54. The van der Waals surface area contributed by atoms with Crippen LogP contribution in [0.4, 0.5) is 0 Å². The van der Waals surface area contributed by atoms with Crippen molar-refractivity contribution >= 4 is 0 Å². The van der Waals surface area contributed by atoms with Crippen LogP contribution in [-0.4, -0.2) is 11.7 Å². The van der Waals surface area contributed by atoms with Gasteiger partial charge in [0.2, 0.25) is 0 Å². The summed E-state index contributed by atoms with van der Waals surface area (Å²) in [6.07, 6.45) is 2.48. The first-order chi connectivity index (χ1) is 6.88. The zero-order valence-electron chi connectivity index (χ0n) is 8.69. The second-order valence-electron chi connectivity index (χ2n) is 4.24. The van der Waals surface area contributed by atoms with Gasteiger partial charge in [0.1, 0.15) is 0 Å². The van der Waals surface area contributed by atoms with Gasteiger partial charge in [-0.05, 0) is 29.7 Å². The van der Waals surface area contributed by atoms with Crippen molar-refractivity contribution in [1.29, 1.82) is 0 Å². The summed E-state index contributed by atoms with van der Waals surface area (Å²) >= 11 is 0. The largest absolute Gasteiger partial charge is 0.396 e. The minimum Gasteiger partial charge on any atom is -0.396 e. The van der Waals surface area contributed by atoms with E-state index in [1.807, 2.05) is 0 Å². The van der Waals surface area contributed by atoms with Crippen molar-refractivity contribution in [1.82, 2.24) is 0 Å². The molecule has 1 aliphatic carbocycles. The van der Waals surface area contributed by atoms with Crippen LogP contribution < -0.4 is 0 Å². The Hall–Kier alpha value is -0.820. The van der Waals surface area contributed by atoms with Gasteiger partial charge in [0.05, 0.1) is 0 Å². The van der Waals surface area contributed by atoms with E-state index in [1.165, 1.54) is 18.4 Å². The molecule has 1 aromatic rings. The number of hydrogen-bond acceptors (Lipinski definition) is 1. The summed E-state index contributed by atoms with van der Waals surface area (Å²) in [6, 6.07) is 10.6. The van der Waals surface area contributed by atoms with Crippen molar-refractivity contribution in [3.05, 3.63) is 35.9 Å². The van der Waals surface area contributed by atoms with E-state index < -0.39 is 0 Å². The summed E-state index contributed by atoms with van der Waals surface area (Å²) in [5.41, 5.74) is 1.41. The molecule has 0 heterocycles. The van der Waals surface area contributed by atoms with Crippen LogP contribution in [0.3, 0.4) is 0 Å². The molecule has 1 aliphatic rings. The van der Waals surface area contributed by atoms with Gasteiger partial charge in [-0.25, -0.2) is 0 Å². The van der Waals surface area contributed by atoms with Gasteiger partial charge in [-0.3, -0.25) is 0 Å². The molecule has 0 amide bonds. The van der Waals surface area contributed by atoms with Crippen LogP contribution in [0.15, 0.2) is 30.3 Å².